The average Bonchev–Trinajstić information content (AvgIpc) is 2.11. The molecule has 4 heteroatoms. The highest BCUT2D eigenvalue weighted by atomic mass is 35.5. The van der Waals surface area contributed by atoms with Gasteiger partial charge in [-0.25, -0.2) is 0 Å². The van der Waals surface area contributed by atoms with Crippen molar-refractivity contribution in [2.45, 2.75) is 13.5 Å². The van der Waals surface area contributed by atoms with Gasteiger partial charge in [-0.3, -0.25) is 0 Å². The molecule has 78 valence electrons. The van der Waals surface area contributed by atoms with Gasteiger partial charge in [0, 0.05) is 17.6 Å². The Kier molecular flexibility index (Phi) is 3.75. The number of ether oxygens (including phenoxy) is 1. The van der Waals surface area contributed by atoms with Gasteiger partial charge in [-0.2, -0.15) is 5.06 Å². The number of rotatable bonds is 3. The topological polar surface area (TPSA) is 32.7 Å². The van der Waals surface area contributed by atoms with Crippen LogP contribution in [0, 0.1) is 6.92 Å². The van der Waals surface area contributed by atoms with E-state index in [4.69, 9.17) is 21.5 Å². The molecule has 1 N–H and O–H groups in total. The standard InChI is InChI=1S/C10H14ClNO2/c1-7-4-5-9(11)8(6-12(2)13)10(7)14-3/h4-5,13H,6H2,1-3H3. The molecule has 14 heavy (non-hydrogen) atoms. The SMILES string of the molecule is COc1c(C)ccc(Cl)c1CN(C)O. The quantitative estimate of drug-likeness (QED) is 0.787. The van der Waals surface area contributed by atoms with Crippen LogP contribution in [0.1, 0.15) is 11.1 Å². The first-order valence-electron chi connectivity index (χ1n) is 4.28. The maximum Gasteiger partial charge on any atom is 0.127 e. The Morgan fingerprint density at radius 2 is 2.14 bits per heavy atom. The molecule has 0 atom stereocenters. The van der Waals surface area contributed by atoms with E-state index in [9.17, 15) is 0 Å². The van der Waals surface area contributed by atoms with Crippen molar-refractivity contribution in [2.75, 3.05) is 14.2 Å². The van der Waals surface area contributed by atoms with Crippen LogP contribution in [0.3, 0.4) is 0 Å². The fourth-order valence-electron chi connectivity index (χ4n) is 1.38. The monoisotopic (exact) mass is 215 g/mol. The molecule has 0 radical (unpaired) electrons. The summed E-state index contributed by atoms with van der Waals surface area (Å²) in [5.74, 6) is 0.735. The summed E-state index contributed by atoms with van der Waals surface area (Å²) < 4.78 is 5.24. The summed E-state index contributed by atoms with van der Waals surface area (Å²) in [6.07, 6.45) is 0. The molecule has 0 heterocycles. The van der Waals surface area contributed by atoms with Crippen molar-refractivity contribution in [1.29, 1.82) is 0 Å². The number of methoxy groups -OCH3 is 1. The largest absolute Gasteiger partial charge is 0.496 e. The van der Waals surface area contributed by atoms with E-state index in [2.05, 4.69) is 0 Å². The lowest BCUT2D eigenvalue weighted by Gasteiger charge is -2.15. The Balaban J connectivity index is 3.16. The molecule has 0 saturated carbocycles. The van der Waals surface area contributed by atoms with E-state index in [1.807, 2.05) is 13.0 Å². The zero-order valence-corrected chi connectivity index (χ0v) is 9.30. The molecule has 1 aromatic rings. The van der Waals surface area contributed by atoms with E-state index >= 15 is 0 Å². The first-order chi connectivity index (χ1) is 6.56. The third-order valence-corrected chi connectivity index (χ3v) is 2.35. The lowest BCUT2D eigenvalue weighted by molar-refractivity contribution is -0.0735. The molecule has 0 aliphatic carbocycles. The van der Waals surface area contributed by atoms with Gasteiger partial charge in [0.25, 0.3) is 0 Å². The molecule has 0 fully saturated rings. The predicted octanol–water partition coefficient (Wildman–Crippen LogP) is 2.48. The number of aryl methyl sites for hydroxylation is 1. The van der Waals surface area contributed by atoms with Crippen molar-refractivity contribution in [3.8, 4) is 5.75 Å². The van der Waals surface area contributed by atoms with Crippen LogP contribution in [-0.4, -0.2) is 24.4 Å². The van der Waals surface area contributed by atoms with Crippen LogP contribution >= 0.6 is 11.6 Å². The minimum Gasteiger partial charge on any atom is -0.496 e. The van der Waals surface area contributed by atoms with Gasteiger partial charge in [-0.1, -0.05) is 17.7 Å². The normalized spacial score (nSPS) is 10.7. The second-order valence-corrected chi connectivity index (χ2v) is 3.60. The van der Waals surface area contributed by atoms with Crippen molar-refractivity contribution in [3.05, 3.63) is 28.3 Å². The van der Waals surface area contributed by atoms with Crippen molar-refractivity contribution >= 4 is 11.6 Å². The highest BCUT2D eigenvalue weighted by molar-refractivity contribution is 6.31. The first kappa shape index (κ1) is 11.3. The van der Waals surface area contributed by atoms with Crippen LogP contribution in [0.5, 0.6) is 5.75 Å². The number of hydrogen-bond donors (Lipinski definition) is 1. The van der Waals surface area contributed by atoms with Gasteiger partial charge in [-0.05, 0) is 18.6 Å². The number of hydroxylamine groups is 2. The molecule has 1 aromatic carbocycles. The Morgan fingerprint density at radius 1 is 1.50 bits per heavy atom. The zero-order valence-electron chi connectivity index (χ0n) is 8.54. The number of benzene rings is 1. The van der Waals surface area contributed by atoms with Crippen LogP contribution in [0.4, 0.5) is 0 Å². The minimum absolute atomic E-state index is 0.351. The predicted molar refractivity (Wildman–Crippen MR) is 56.0 cm³/mol. The molecule has 0 amide bonds. The smallest absolute Gasteiger partial charge is 0.127 e. The van der Waals surface area contributed by atoms with Gasteiger partial charge in [0.2, 0.25) is 0 Å². The second-order valence-electron chi connectivity index (χ2n) is 3.19. The third kappa shape index (κ3) is 2.38. The zero-order chi connectivity index (χ0) is 10.7. The Morgan fingerprint density at radius 3 is 2.64 bits per heavy atom. The van der Waals surface area contributed by atoms with E-state index in [0.29, 0.717) is 11.6 Å². The van der Waals surface area contributed by atoms with Gasteiger partial charge < -0.3 is 9.94 Å². The van der Waals surface area contributed by atoms with E-state index < -0.39 is 0 Å². The lowest BCUT2D eigenvalue weighted by atomic mass is 10.1. The summed E-state index contributed by atoms with van der Waals surface area (Å²) >= 11 is 6.01. The molecule has 0 saturated heterocycles. The van der Waals surface area contributed by atoms with Crippen LogP contribution in [0.2, 0.25) is 5.02 Å². The maximum absolute atomic E-state index is 9.16. The minimum atomic E-state index is 0.351. The first-order valence-corrected chi connectivity index (χ1v) is 4.66. The molecule has 0 aromatic heterocycles. The van der Waals surface area contributed by atoms with Crippen molar-refractivity contribution in [1.82, 2.24) is 5.06 Å². The van der Waals surface area contributed by atoms with Gasteiger partial charge in [0.05, 0.1) is 13.7 Å². The molecular weight excluding hydrogens is 202 g/mol. The second kappa shape index (κ2) is 4.64. The number of halogens is 1. The van der Waals surface area contributed by atoms with E-state index in [1.165, 1.54) is 0 Å². The summed E-state index contributed by atoms with van der Waals surface area (Å²) in [6, 6.07) is 3.69. The van der Waals surface area contributed by atoms with Gasteiger partial charge in [0.1, 0.15) is 5.75 Å². The van der Waals surface area contributed by atoms with Crippen LogP contribution in [0.25, 0.3) is 0 Å². The molecule has 0 spiro atoms. The van der Waals surface area contributed by atoms with Gasteiger partial charge in [0.15, 0.2) is 0 Å². The maximum atomic E-state index is 9.16. The molecule has 0 aliphatic rings. The highest BCUT2D eigenvalue weighted by Gasteiger charge is 2.11. The molecular formula is C10H14ClNO2. The fourth-order valence-corrected chi connectivity index (χ4v) is 1.59. The Labute approximate surface area is 88.8 Å². The molecule has 0 unspecified atom stereocenters. The van der Waals surface area contributed by atoms with Crippen molar-refractivity contribution in [2.24, 2.45) is 0 Å². The van der Waals surface area contributed by atoms with Crippen LogP contribution in [-0.2, 0) is 6.54 Å². The van der Waals surface area contributed by atoms with E-state index in [-0.39, 0.29) is 0 Å². The fraction of sp³-hybridized carbons (Fsp3) is 0.400. The van der Waals surface area contributed by atoms with Crippen molar-refractivity contribution < 1.29 is 9.94 Å². The Bertz CT molecular complexity index is 326. The van der Waals surface area contributed by atoms with Crippen molar-refractivity contribution in [3.63, 3.8) is 0 Å². The lowest BCUT2D eigenvalue weighted by Crippen LogP contribution is -2.13. The highest BCUT2D eigenvalue weighted by Crippen LogP contribution is 2.30. The number of hydrogen-bond acceptors (Lipinski definition) is 3. The van der Waals surface area contributed by atoms with E-state index in [1.54, 1.807) is 20.2 Å². The molecule has 1 rings (SSSR count). The molecule has 3 nitrogen and oxygen atoms in total. The third-order valence-electron chi connectivity index (χ3n) is 1.99. The van der Waals surface area contributed by atoms with Gasteiger partial charge in [-0.15, -0.1) is 0 Å². The molecule has 0 bridgehead atoms. The molecule has 0 aliphatic heterocycles. The summed E-state index contributed by atoms with van der Waals surface area (Å²) in [6.45, 7) is 2.29. The summed E-state index contributed by atoms with van der Waals surface area (Å²) in [5, 5.41) is 10.8. The van der Waals surface area contributed by atoms with Gasteiger partial charge >= 0.3 is 0 Å². The van der Waals surface area contributed by atoms with Crippen LogP contribution < -0.4 is 4.74 Å². The van der Waals surface area contributed by atoms with Crippen LogP contribution in [0.15, 0.2) is 12.1 Å². The Hall–Kier alpha value is -0.770. The summed E-state index contributed by atoms with van der Waals surface area (Å²) in [7, 11) is 3.16. The average molecular weight is 216 g/mol. The summed E-state index contributed by atoms with van der Waals surface area (Å²) in [4.78, 5) is 0. The van der Waals surface area contributed by atoms with E-state index in [0.717, 1.165) is 21.9 Å². The summed E-state index contributed by atoms with van der Waals surface area (Å²) in [5.41, 5.74) is 1.81. The number of nitrogens with zero attached hydrogens (tertiary/aromatic N) is 1.